The SMILES string of the molecule is NCCCc1nc(Cc2ccccc2)no1. The van der Waals surface area contributed by atoms with Crippen LogP contribution in [0.15, 0.2) is 34.9 Å². The maximum absolute atomic E-state index is 5.42. The van der Waals surface area contributed by atoms with Crippen molar-refractivity contribution in [1.82, 2.24) is 10.1 Å². The van der Waals surface area contributed by atoms with Crippen LogP contribution in [0.3, 0.4) is 0 Å². The molecule has 0 bridgehead atoms. The van der Waals surface area contributed by atoms with Gasteiger partial charge >= 0.3 is 0 Å². The third-order valence-corrected chi connectivity index (χ3v) is 2.31. The van der Waals surface area contributed by atoms with Crippen LogP contribution in [0.2, 0.25) is 0 Å². The van der Waals surface area contributed by atoms with Crippen LogP contribution in [-0.4, -0.2) is 16.7 Å². The van der Waals surface area contributed by atoms with Gasteiger partial charge in [-0.1, -0.05) is 35.5 Å². The van der Waals surface area contributed by atoms with Gasteiger partial charge in [0.1, 0.15) is 0 Å². The van der Waals surface area contributed by atoms with Crippen LogP contribution in [0.1, 0.15) is 23.7 Å². The standard InChI is InChI=1S/C12H15N3O/c13-8-4-7-12-14-11(15-16-12)9-10-5-2-1-3-6-10/h1-3,5-6H,4,7-9,13H2. The zero-order valence-electron chi connectivity index (χ0n) is 9.10. The highest BCUT2D eigenvalue weighted by Crippen LogP contribution is 2.07. The number of rotatable bonds is 5. The molecule has 84 valence electrons. The zero-order chi connectivity index (χ0) is 11.2. The molecule has 0 unspecified atom stereocenters. The quantitative estimate of drug-likeness (QED) is 0.825. The predicted octanol–water partition coefficient (Wildman–Crippen LogP) is 1.55. The first-order valence-electron chi connectivity index (χ1n) is 5.44. The Bertz CT molecular complexity index is 425. The fourth-order valence-electron chi connectivity index (χ4n) is 1.50. The predicted molar refractivity (Wildman–Crippen MR) is 60.9 cm³/mol. The molecule has 0 saturated carbocycles. The van der Waals surface area contributed by atoms with Crippen molar-refractivity contribution in [3.63, 3.8) is 0 Å². The van der Waals surface area contributed by atoms with Crippen LogP contribution in [0, 0.1) is 0 Å². The molecule has 0 saturated heterocycles. The lowest BCUT2D eigenvalue weighted by Gasteiger charge is -1.94. The average Bonchev–Trinajstić information content (AvgIpc) is 2.75. The number of nitrogens with zero attached hydrogens (tertiary/aromatic N) is 2. The van der Waals surface area contributed by atoms with Crippen molar-refractivity contribution in [3.05, 3.63) is 47.6 Å². The first-order chi connectivity index (χ1) is 7.88. The van der Waals surface area contributed by atoms with E-state index in [1.165, 1.54) is 5.56 Å². The van der Waals surface area contributed by atoms with Crippen molar-refractivity contribution in [2.75, 3.05) is 6.54 Å². The number of benzene rings is 1. The number of hydrogen-bond acceptors (Lipinski definition) is 4. The van der Waals surface area contributed by atoms with E-state index in [1.807, 2.05) is 18.2 Å². The summed E-state index contributed by atoms with van der Waals surface area (Å²) in [6.07, 6.45) is 2.36. The van der Waals surface area contributed by atoms with Gasteiger partial charge in [-0.3, -0.25) is 0 Å². The van der Waals surface area contributed by atoms with Crippen LogP contribution in [-0.2, 0) is 12.8 Å². The minimum absolute atomic E-state index is 0.649. The van der Waals surface area contributed by atoms with Gasteiger partial charge in [-0.2, -0.15) is 4.98 Å². The summed E-state index contributed by atoms with van der Waals surface area (Å²) in [5.74, 6) is 1.41. The van der Waals surface area contributed by atoms with Crippen LogP contribution in [0.4, 0.5) is 0 Å². The van der Waals surface area contributed by atoms with Crippen LogP contribution in [0.25, 0.3) is 0 Å². The lowest BCUT2D eigenvalue weighted by Crippen LogP contribution is -2.00. The van der Waals surface area contributed by atoms with E-state index in [0.29, 0.717) is 18.9 Å². The average molecular weight is 217 g/mol. The Morgan fingerprint density at radius 2 is 2.00 bits per heavy atom. The molecule has 0 aliphatic rings. The smallest absolute Gasteiger partial charge is 0.226 e. The second-order valence-electron chi connectivity index (χ2n) is 3.66. The Morgan fingerprint density at radius 3 is 2.75 bits per heavy atom. The number of aromatic nitrogens is 2. The van der Waals surface area contributed by atoms with Gasteiger partial charge < -0.3 is 10.3 Å². The Morgan fingerprint density at radius 1 is 1.19 bits per heavy atom. The summed E-state index contributed by atoms with van der Waals surface area (Å²) in [6.45, 7) is 0.649. The first kappa shape index (κ1) is 10.8. The van der Waals surface area contributed by atoms with E-state index < -0.39 is 0 Å². The summed E-state index contributed by atoms with van der Waals surface area (Å²) >= 11 is 0. The van der Waals surface area contributed by atoms with Crippen molar-refractivity contribution < 1.29 is 4.52 Å². The molecule has 1 heterocycles. The molecule has 2 N–H and O–H groups in total. The highest BCUT2D eigenvalue weighted by molar-refractivity contribution is 5.18. The van der Waals surface area contributed by atoms with Crippen LogP contribution in [0.5, 0.6) is 0 Å². The fourth-order valence-corrected chi connectivity index (χ4v) is 1.50. The molecule has 4 heteroatoms. The van der Waals surface area contributed by atoms with E-state index >= 15 is 0 Å². The van der Waals surface area contributed by atoms with Crippen molar-refractivity contribution >= 4 is 0 Å². The van der Waals surface area contributed by atoms with Gasteiger partial charge in [0, 0.05) is 12.8 Å². The normalized spacial score (nSPS) is 10.6. The van der Waals surface area contributed by atoms with Gasteiger partial charge in [-0.05, 0) is 18.5 Å². The van der Waals surface area contributed by atoms with Gasteiger partial charge in [0.15, 0.2) is 5.82 Å². The third-order valence-electron chi connectivity index (χ3n) is 2.31. The van der Waals surface area contributed by atoms with Crippen LogP contribution >= 0.6 is 0 Å². The van der Waals surface area contributed by atoms with Crippen LogP contribution < -0.4 is 5.73 Å². The van der Waals surface area contributed by atoms with Gasteiger partial charge in [-0.15, -0.1) is 0 Å². The molecule has 0 aliphatic heterocycles. The molecule has 4 nitrogen and oxygen atoms in total. The molecule has 0 atom stereocenters. The molecule has 1 aromatic heterocycles. The van der Waals surface area contributed by atoms with Gasteiger partial charge in [-0.25, -0.2) is 0 Å². The topological polar surface area (TPSA) is 64.9 Å². The van der Waals surface area contributed by atoms with Crippen molar-refractivity contribution in [2.45, 2.75) is 19.3 Å². The number of hydrogen-bond donors (Lipinski definition) is 1. The van der Waals surface area contributed by atoms with E-state index in [1.54, 1.807) is 0 Å². The molecule has 0 amide bonds. The number of nitrogens with two attached hydrogens (primary N) is 1. The first-order valence-corrected chi connectivity index (χ1v) is 5.44. The lowest BCUT2D eigenvalue weighted by molar-refractivity contribution is 0.371. The van der Waals surface area contributed by atoms with E-state index in [0.717, 1.165) is 18.7 Å². The van der Waals surface area contributed by atoms with E-state index in [4.69, 9.17) is 10.3 Å². The summed E-state index contributed by atoms with van der Waals surface area (Å²) in [5.41, 5.74) is 6.61. The molecule has 1 aromatic carbocycles. The summed E-state index contributed by atoms with van der Waals surface area (Å²) in [5, 5.41) is 3.94. The van der Waals surface area contributed by atoms with Gasteiger partial charge in [0.2, 0.25) is 5.89 Å². The minimum atomic E-state index is 0.649. The maximum Gasteiger partial charge on any atom is 0.226 e. The van der Waals surface area contributed by atoms with Crippen molar-refractivity contribution in [1.29, 1.82) is 0 Å². The molecular weight excluding hydrogens is 202 g/mol. The summed E-state index contributed by atoms with van der Waals surface area (Å²) in [4.78, 5) is 4.31. The number of aryl methyl sites for hydroxylation is 1. The summed E-state index contributed by atoms with van der Waals surface area (Å²) in [7, 11) is 0. The lowest BCUT2D eigenvalue weighted by atomic mass is 10.1. The second kappa shape index (κ2) is 5.42. The maximum atomic E-state index is 5.42. The third kappa shape index (κ3) is 2.90. The molecule has 0 spiro atoms. The molecule has 16 heavy (non-hydrogen) atoms. The Hall–Kier alpha value is -1.68. The second-order valence-corrected chi connectivity index (χ2v) is 3.66. The molecule has 0 aliphatic carbocycles. The summed E-state index contributed by atoms with van der Waals surface area (Å²) < 4.78 is 5.12. The van der Waals surface area contributed by atoms with Crippen molar-refractivity contribution in [3.8, 4) is 0 Å². The monoisotopic (exact) mass is 217 g/mol. The molecule has 0 fully saturated rings. The molecule has 0 radical (unpaired) electrons. The minimum Gasteiger partial charge on any atom is -0.339 e. The van der Waals surface area contributed by atoms with Gasteiger partial charge in [0.05, 0.1) is 0 Å². The largest absolute Gasteiger partial charge is 0.339 e. The Balaban J connectivity index is 1.97. The van der Waals surface area contributed by atoms with E-state index in [-0.39, 0.29) is 0 Å². The zero-order valence-corrected chi connectivity index (χ0v) is 9.10. The van der Waals surface area contributed by atoms with Gasteiger partial charge in [0.25, 0.3) is 0 Å². The Labute approximate surface area is 94.5 Å². The molecular formula is C12H15N3O. The summed E-state index contributed by atoms with van der Waals surface area (Å²) in [6, 6.07) is 10.1. The molecule has 2 aromatic rings. The Kier molecular flexibility index (Phi) is 3.66. The molecule has 2 rings (SSSR count). The van der Waals surface area contributed by atoms with E-state index in [2.05, 4.69) is 22.3 Å². The fraction of sp³-hybridized carbons (Fsp3) is 0.333. The van der Waals surface area contributed by atoms with E-state index in [9.17, 15) is 0 Å². The highest BCUT2D eigenvalue weighted by Gasteiger charge is 2.06. The van der Waals surface area contributed by atoms with Crippen molar-refractivity contribution in [2.24, 2.45) is 5.73 Å². The highest BCUT2D eigenvalue weighted by atomic mass is 16.5.